The fourth-order valence-corrected chi connectivity index (χ4v) is 5.48. The Hall–Kier alpha value is -3.36. The standard InChI is InChI=1S/C29H34ClN3O4S/c1-5-31-29(35)27(18-23-11-7-6-8-12-23)32(19-24-13-9-10-21(2)16-24)28(34)20-33(38(4,36)37)26-15-14-25(30)17-22(26)3/h6-17,27H,5,18-20H2,1-4H3,(H,31,35)/t27-/m0/s1. The quantitative estimate of drug-likeness (QED) is 0.377. The molecule has 0 aliphatic carbocycles. The molecular formula is C29H34ClN3O4S. The number of hydrogen-bond acceptors (Lipinski definition) is 4. The summed E-state index contributed by atoms with van der Waals surface area (Å²) < 4.78 is 26.8. The number of halogens is 1. The molecule has 3 rings (SSSR count). The molecule has 0 bridgehead atoms. The largest absolute Gasteiger partial charge is 0.355 e. The Morgan fingerprint density at radius 1 is 0.947 bits per heavy atom. The monoisotopic (exact) mass is 555 g/mol. The molecule has 0 aromatic heterocycles. The molecule has 2 amide bonds. The Bertz CT molecular complexity index is 1380. The van der Waals surface area contributed by atoms with E-state index in [-0.39, 0.29) is 18.9 Å². The maximum Gasteiger partial charge on any atom is 0.244 e. The van der Waals surface area contributed by atoms with Crippen LogP contribution in [-0.2, 0) is 32.6 Å². The van der Waals surface area contributed by atoms with E-state index in [0.29, 0.717) is 22.8 Å². The van der Waals surface area contributed by atoms with Crippen molar-refractivity contribution in [1.82, 2.24) is 10.2 Å². The summed E-state index contributed by atoms with van der Waals surface area (Å²) in [5.74, 6) is -0.788. The van der Waals surface area contributed by atoms with E-state index in [1.807, 2.05) is 68.4 Å². The smallest absolute Gasteiger partial charge is 0.244 e. The van der Waals surface area contributed by atoms with Gasteiger partial charge >= 0.3 is 0 Å². The van der Waals surface area contributed by atoms with Crippen molar-refractivity contribution in [1.29, 1.82) is 0 Å². The molecule has 0 unspecified atom stereocenters. The summed E-state index contributed by atoms with van der Waals surface area (Å²) in [5.41, 5.74) is 3.72. The Kier molecular flexibility index (Phi) is 9.94. The van der Waals surface area contributed by atoms with Crippen LogP contribution in [0.3, 0.4) is 0 Å². The third-order valence-corrected chi connectivity index (χ3v) is 7.53. The molecule has 0 aliphatic rings. The van der Waals surface area contributed by atoms with E-state index in [1.54, 1.807) is 25.1 Å². The summed E-state index contributed by atoms with van der Waals surface area (Å²) in [5, 5.41) is 3.31. The normalized spacial score (nSPS) is 12.0. The number of aryl methyl sites for hydroxylation is 2. The summed E-state index contributed by atoms with van der Waals surface area (Å²) in [6.07, 6.45) is 1.34. The van der Waals surface area contributed by atoms with E-state index in [9.17, 15) is 18.0 Å². The van der Waals surface area contributed by atoms with Crippen molar-refractivity contribution in [3.05, 3.63) is 100 Å². The highest BCUT2D eigenvalue weighted by atomic mass is 35.5. The summed E-state index contributed by atoms with van der Waals surface area (Å²) in [4.78, 5) is 28.8. The van der Waals surface area contributed by atoms with Crippen LogP contribution in [0.5, 0.6) is 0 Å². The maximum absolute atomic E-state index is 14.0. The van der Waals surface area contributed by atoms with E-state index < -0.39 is 28.5 Å². The van der Waals surface area contributed by atoms with Crippen LogP contribution in [0.1, 0.15) is 29.2 Å². The van der Waals surface area contributed by atoms with E-state index in [0.717, 1.165) is 27.3 Å². The molecule has 1 N–H and O–H groups in total. The van der Waals surface area contributed by atoms with Crippen molar-refractivity contribution < 1.29 is 18.0 Å². The first-order valence-corrected chi connectivity index (χ1v) is 14.6. The first-order valence-electron chi connectivity index (χ1n) is 12.4. The molecule has 3 aromatic carbocycles. The molecule has 0 saturated heterocycles. The average molecular weight is 556 g/mol. The third-order valence-electron chi connectivity index (χ3n) is 6.16. The lowest BCUT2D eigenvalue weighted by Gasteiger charge is -2.33. The van der Waals surface area contributed by atoms with Gasteiger partial charge in [-0.3, -0.25) is 13.9 Å². The molecule has 0 heterocycles. The minimum atomic E-state index is -3.83. The first-order chi connectivity index (χ1) is 18.0. The maximum atomic E-state index is 14.0. The lowest BCUT2D eigenvalue weighted by molar-refractivity contribution is -0.140. The zero-order chi connectivity index (χ0) is 27.9. The molecular weight excluding hydrogens is 522 g/mol. The van der Waals surface area contributed by atoms with Gasteiger partial charge in [0.05, 0.1) is 11.9 Å². The number of rotatable bonds is 11. The summed E-state index contributed by atoms with van der Waals surface area (Å²) in [6.45, 7) is 5.59. The van der Waals surface area contributed by atoms with Crippen molar-refractivity contribution in [2.24, 2.45) is 0 Å². The topological polar surface area (TPSA) is 86.8 Å². The van der Waals surface area contributed by atoms with Crippen molar-refractivity contribution in [3.63, 3.8) is 0 Å². The lowest BCUT2D eigenvalue weighted by atomic mass is 10.0. The second-order valence-electron chi connectivity index (χ2n) is 9.31. The van der Waals surface area contributed by atoms with Crippen LogP contribution in [0, 0.1) is 13.8 Å². The van der Waals surface area contributed by atoms with Crippen molar-refractivity contribution >= 4 is 39.1 Å². The molecule has 38 heavy (non-hydrogen) atoms. The Morgan fingerprint density at radius 3 is 2.24 bits per heavy atom. The zero-order valence-corrected chi connectivity index (χ0v) is 23.7. The van der Waals surface area contributed by atoms with Crippen molar-refractivity contribution in [2.45, 2.75) is 39.8 Å². The highest BCUT2D eigenvalue weighted by Gasteiger charge is 2.33. The molecule has 0 fully saturated rings. The Morgan fingerprint density at radius 2 is 1.63 bits per heavy atom. The predicted molar refractivity (Wildman–Crippen MR) is 153 cm³/mol. The van der Waals surface area contributed by atoms with Gasteiger partial charge in [-0.1, -0.05) is 71.8 Å². The van der Waals surface area contributed by atoms with Gasteiger partial charge in [-0.05, 0) is 55.7 Å². The van der Waals surface area contributed by atoms with Gasteiger partial charge in [-0.2, -0.15) is 0 Å². The van der Waals surface area contributed by atoms with Crippen molar-refractivity contribution in [2.75, 3.05) is 23.7 Å². The number of carbonyl (C=O) groups excluding carboxylic acids is 2. The summed E-state index contributed by atoms with van der Waals surface area (Å²) in [7, 11) is -3.83. The molecule has 0 saturated carbocycles. The Balaban J connectivity index is 2.06. The third kappa shape index (κ3) is 7.82. The number of nitrogens with one attached hydrogen (secondary N) is 1. The molecule has 0 aliphatic heterocycles. The number of sulfonamides is 1. The highest BCUT2D eigenvalue weighted by Crippen LogP contribution is 2.26. The molecule has 1 atom stereocenters. The second kappa shape index (κ2) is 12.9. The van der Waals surface area contributed by atoms with Crippen LogP contribution in [0.2, 0.25) is 5.02 Å². The number of amides is 2. The zero-order valence-electron chi connectivity index (χ0n) is 22.1. The number of anilines is 1. The van der Waals surface area contributed by atoms with E-state index in [1.165, 1.54) is 4.90 Å². The minimum absolute atomic E-state index is 0.145. The van der Waals surface area contributed by atoms with Gasteiger partial charge in [0, 0.05) is 24.5 Å². The lowest BCUT2D eigenvalue weighted by Crippen LogP contribution is -2.53. The molecule has 0 spiro atoms. The van der Waals surface area contributed by atoms with Gasteiger partial charge in [0.2, 0.25) is 21.8 Å². The fourth-order valence-electron chi connectivity index (χ4n) is 4.35. The first kappa shape index (κ1) is 29.2. The van der Waals surface area contributed by atoms with Crippen LogP contribution in [0.15, 0.2) is 72.8 Å². The van der Waals surface area contributed by atoms with Crippen LogP contribution < -0.4 is 9.62 Å². The second-order valence-corrected chi connectivity index (χ2v) is 11.7. The molecule has 3 aromatic rings. The van der Waals surface area contributed by atoms with Crippen LogP contribution in [-0.4, -0.2) is 50.5 Å². The average Bonchev–Trinajstić information content (AvgIpc) is 2.85. The minimum Gasteiger partial charge on any atom is -0.355 e. The summed E-state index contributed by atoms with van der Waals surface area (Å²) >= 11 is 6.09. The molecule has 7 nitrogen and oxygen atoms in total. The fraction of sp³-hybridized carbons (Fsp3) is 0.310. The van der Waals surface area contributed by atoms with E-state index >= 15 is 0 Å². The van der Waals surface area contributed by atoms with Gasteiger partial charge in [-0.15, -0.1) is 0 Å². The van der Waals surface area contributed by atoms with Crippen LogP contribution in [0.25, 0.3) is 0 Å². The van der Waals surface area contributed by atoms with Crippen molar-refractivity contribution in [3.8, 4) is 0 Å². The number of carbonyl (C=O) groups is 2. The van der Waals surface area contributed by atoms with Gasteiger partial charge in [0.1, 0.15) is 12.6 Å². The predicted octanol–water partition coefficient (Wildman–Crippen LogP) is 4.50. The molecule has 9 heteroatoms. The number of hydrogen-bond donors (Lipinski definition) is 1. The van der Waals surface area contributed by atoms with Crippen LogP contribution >= 0.6 is 11.6 Å². The number of benzene rings is 3. The number of likely N-dealkylation sites (N-methyl/N-ethyl adjacent to an activating group) is 1. The summed E-state index contributed by atoms with van der Waals surface area (Å²) in [6, 6.07) is 21.1. The van der Waals surface area contributed by atoms with Gasteiger partial charge in [-0.25, -0.2) is 8.42 Å². The number of nitrogens with zero attached hydrogens (tertiary/aromatic N) is 2. The highest BCUT2D eigenvalue weighted by molar-refractivity contribution is 7.92. The van der Waals surface area contributed by atoms with Crippen LogP contribution in [0.4, 0.5) is 5.69 Å². The van der Waals surface area contributed by atoms with E-state index in [2.05, 4.69) is 5.32 Å². The van der Waals surface area contributed by atoms with E-state index in [4.69, 9.17) is 11.6 Å². The Labute approximate surface area is 230 Å². The van der Waals surface area contributed by atoms with Gasteiger partial charge in [0.25, 0.3) is 0 Å². The molecule has 202 valence electrons. The van der Waals surface area contributed by atoms with Gasteiger partial charge in [0.15, 0.2) is 0 Å². The molecule has 0 radical (unpaired) electrons. The van der Waals surface area contributed by atoms with Gasteiger partial charge < -0.3 is 10.2 Å². The SMILES string of the molecule is CCNC(=O)[C@H](Cc1ccccc1)N(Cc1cccc(C)c1)C(=O)CN(c1ccc(Cl)cc1C)S(C)(=O)=O.